The van der Waals surface area contributed by atoms with Crippen LogP contribution < -0.4 is 0 Å². The molecule has 0 aromatic heterocycles. The summed E-state index contributed by atoms with van der Waals surface area (Å²) in [5.41, 5.74) is 1.59. The fourth-order valence-corrected chi connectivity index (χ4v) is 4.89. The molecule has 4 atom stereocenters. The fraction of sp³-hybridized carbons (Fsp3) is 0.750. The van der Waals surface area contributed by atoms with Gasteiger partial charge in [-0.3, -0.25) is 14.4 Å². The van der Waals surface area contributed by atoms with Gasteiger partial charge < -0.3 is 4.90 Å². The zero-order chi connectivity index (χ0) is 17.8. The summed E-state index contributed by atoms with van der Waals surface area (Å²) in [5, 5.41) is 0. The second-order valence-electron chi connectivity index (χ2n) is 8.88. The van der Waals surface area contributed by atoms with Crippen molar-refractivity contribution in [3.63, 3.8) is 0 Å². The van der Waals surface area contributed by atoms with Crippen LogP contribution in [0.5, 0.6) is 0 Å². The van der Waals surface area contributed by atoms with Crippen LogP contribution in [0.2, 0.25) is 0 Å². The summed E-state index contributed by atoms with van der Waals surface area (Å²) in [6.45, 7) is 10.6. The number of carbonyl (C=O) groups excluding carboxylic acids is 3. The number of fused-ring (bicyclic) bond motifs is 1. The van der Waals surface area contributed by atoms with Gasteiger partial charge in [0.2, 0.25) is 5.91 Å². The molecule has 4 heteroatoms. The molecule has 4 nitrogen and oxygen atoms in total. The van der Waals surface area contributed by atoms with Crippen molar-refractivity contribution >= 4 is 17.5 Å². The number of rotatable bonds is 5. The number of nitrogens with zero attached hydrogens (tertiary/aromatic N) is 1. The second kappa shape index (κ2) is 5.82. The zero-order valence-electron chi connectivity index (χ0n) is 15.5. The van der Waals surface area contributed by atoms with Crippen LogP contribution in [-0.4, -0.2) is 35.0 Å². The molecule has 1 saturated heterocycles. The van der Waals surface area contributed by atoms with Crippen molar-refractivity contribution in [2.75, 3.05) is 6.54 Å². The van der Waals surface area contributed by atoms with Gasteiger partial charge in [-0.1, -0.05) is 39.3 Å². The first kappa shape index (κ1) is 17.4. The van der Waals surface area contributed by atoms with Crippen molar-refractivity contribution < 1.29 is 14.4 Å². The van der Waals surface area contributed by atoms with Crippen LogP contribution >= 0.6 is 0 Å². The van der Waals surface area contributed by atoms with E-state index in [1.807, 2.05) is 0 Å². The van der Waals surface area contributed by atoms with Crippen molar-refractivity contribution in [2.45, 2.75) is 59.9 Å². The lowest BCUT2D eigenvalue weighted by atomic mass is 9.49. The molecule has 1 heterocycles. The minimum Gasteiger partial charge on any atom is -0.328 e. The van der Waals surface area contributed by atoms with E-state index in [0.29, 0.717) is 30.2 Å². The van der Waals surface area contributed by atoms with Crippen LogP contribution in [0, 0.1) is 29.1 Å². The fourth-order valence-electron chi connectivity index (χ4n) is 4.89. The second-order valence-corrected chi connectivity index (χ2v) is 8.88. The summed E-state index contributed by atoms with van der Waals surface area (Å²) in [4.78, 5) is 39.0. The smallest absolute Gasteiger partial charge is 0.241 e. The molecule has 4 aliphatic rings. The molecule has 0 N–H and O–H groups in total. The third-order valence-corrected chi connectivity index (χ3v) is 6.56. The van der Waals surface area contributed by atoms with Gasteiger partial charge in [0.15, 0.2) is 11.7 Å². The van der Waals surface area contributed by atoms with Gasteiger partial charge in [0.25, 0.3) is 0 Å². The van der Waals surface area contributed by atoms with Crippen LogP contribution in [0.15, 0.2) is 11.6 Å². The Morgan fingerprint density at radius 3 is 2.50 bits per heavy atom. The molecule has 3 unspecified atom stereocenters. The van der Waals surface area contributed by atoms with E-state index in [-0.39, 0.29) is 17.5 Å². The third-order valence-electron chi connectivity index (χ3n) is 6.56. The number of ketones is 2. The van der Waals surface area contributed by atoms with Gasteiger partial charge in [0.1, 0.15) is 5.78 Å². The summed E-state index contributed by atoms with van der Waals surface area (Å²) in [5.74, 6) is -0.289. The largest absolute Gasteiger partial charge is 0.328 e. The number of amides is 1. The number of hydrogen-bond donors (Lipinski definition) is 0. The Morgan fingerprint density at radius 2 is 2.00 bits per heavy atom. The number of hydrogen-bond acceptors (Lipinski definition) is 3. The van der Waals surface area contributed by atoms with Gasteiger partial charge in [0, 0.05) is 6.54 Å². The number of likely N-dealkylation sites (tertiary alicyclic amines) is 1. The number of allylic oxidation sites excluding steroid dienone is 1. The van der Waals surface area contributed by atoms with Gasteiger partial charge in [-0.05, 0) is 49.4 Å². The highest BCUT2D eigenvalue weighted by Gasteiger charge is 2.54. The minimum atomic E-state index is -1.07. The number of Topliss-reactive ketones (excluding diaryl/α,β-unsaturated/α-hetero) is 2. The average molecular weight is 331 g/mol. The standard InChI is InChI=1S/C20H29NO3/c1-11(2)8-16-18(23)17(12(3)22)19(24)21(16)10-13-6-7-14-9-15(13)20(14,4)5/h6,11,14-17H,7-10H2,1-5H3/t14?,15?,16-,17?/m0/s1. The predicted octanol–water partition coefficient (Wildman–Crippen LogP) is 3.01. The van der Waals surface area contributed by atoms with Gasteiger partial charge >= 0.3 is 0 Å². The molecule has 3 aliphatic carbocycles. The first-order valence-corrected chi connectivity index (χ1v) is 9.18. The molecule has 4 rings (SSSR count). The number of carbonyl (C=O) groups is 3. The Bertz CT molecular complexity index is 616. The van der Waals surface area contributed by atoms with Crippen molar-refractivity contribution in [3.05, 3.63) is 11.6 Å². The Hall–Kier alpha value is -1.45. The molecule has 1 saturated carbocycles. The van der Waals surface area contributed by atoms with E-state index in [0.717, 1.165) is 12.3 Å². The van der Waals surface area contributed by atoms with E-state index in [1.165, 1.54) is 18.9 Å². The van der Waals surface area contributed by atoms with Crippen molar-refractivity contribution in [2.24, 2.45) is 29.1 Å². The molecule has 0 radical (unpaired) electrons. The van der Waals surface area contributed by atoms with Crippen molar-refractivity contribution in [1.29, 1.82) is 0 Å². The molecule has 0 spiro atoms. The highest BCUT2D eigenvalue weighted by Crippen LogP contribution is 2.59. The van der Waals surface area contributed by atoms with E-state index >= 15 is 0 Å². The maximum atomic E-state index is 12.8. The monoisotopic (exact) mass is 331 g/mol. The van der Waals surface area contributed by atoms with Crippen LogP contribution in [0.1, 0.15) is 53.9 Å². The maximum absolute atomic E-state index is 12.8. The van der Waals surface area contributed by atoms with E-state index in [9.17, 15) is 14.4 Å². The summed E-state index contributed by atoms with van der Waals surface area (Å²) in [7, 11) is 0. The van der Waals surface area contributed by atoms with Gasteiger partial charge in [0.05, 0.1) is 6.04 Å². The molecule has 0 aromatic rings. The third kappa shape index (κ3) is 2.55. The summed E-state index contributed by atoms with van der Waals surface area (Å²) in [6, 6.07) is -0.437. The van der Waals surface area contributed by atoms with Crippen LogP contribution in [-0.2, 0) is 14.4 Å². The highest BCUT2D eigenvalue weighted by atomic mass is 16.2. The van der Waals surface area contributed by atoms with Crippen molar-refractivity contribution in [3.8, 4) is 0 Å². The summed E-state index contributed by atoms with van der Waals surface area (Å²) >= 11 is 0. The molecule has 2 fully saturated rings. The predicted molar refractivity (Wildman–Crippen MR) is 92.2 cm³/mol. The molecular weight excluding hydrogens is 302 g/mol. The van der Waals surface area contributed by atoms with Crippen molar-refractivity contribution in [1.82, 2.24) is 4.90 Å². The molecule has 2 bridgehead atoms. The van der Waals surface area contributed by atoms with E-state index in [4.69, 9.17) is 0 Å². The Morgan fingerprint density at radius 1 is 1.33 bits per heavy atom. The lowest BCUT2D eigenvalue weighted by molar-refractivity contribution is -0.138. The normalized spacial score (nSPS) is 34.4. The minimum absolute atomic E-state index is 0.191. The first-order valence-electron chi connectivity index (χ1n) is 9.18. The Labute approximate surface area is 144 Å². The van der Waals surface area contributed by atoms with E-state index in [2.05, 4.69) is 33.8 Å². The lowest BCUT2D eigenvalue weighted by Crippen LogP contribution is -2.50. The van der Waals surface area contributed by atoms with Crippen LogP contribution in [0.3, 0.4) is 0 Å². The highest BCUT2D eigenvalue weighted by molar-refractivity contribution is 6.23. The topological polar surface area (TPSA) is 54.5 Å². The quantitative estimate of drug-likeness (QED) is 0.575. The SMILES string of the molecule is CC(=O)C1C(=O)[C@H](CC(C)C)N(CC2=CCC3CC2C3(C)C)C1=O. The van der Waals surface area contributed by atoms with Gasteiger partial charge in [-0.25, -0.2) is 0 Å². The Kier molecular flexibility index (Phi) is 4.21. The van der Waals surface area contributed by atoms with E-state index < -0.39 is 12.0 Å². The average Bonchev–Trinajstić information content (AvgIpc) is 2.70. The first-order chi connectivity index (χ1) is 11.1. The van der Waals surface area contributed by atoms with E-state index in [1.54, 1.807) is 4.90 Å². The van der Waals surface area contributed by atoms with Crippen LogP contribution in [0.4, 0.5) is 0 Å². The summed E-state index contributed by atoms with van der Waals surface area (Å²) < 4.78 is 0. The molecule has 1 amide bonds. The summed E-state index contributed by atoms with van der Waals surface area (Å²) in [6.07, 6.45) is 5.17. The lowest BCUT2D eigenvalue weighted by Gasteiger charge is -2.57. The molecule has 24 heavy (non-hydrogen) atoms. The molecule has 0 aromatic carbocycles. The zero-order valence-corrected chi connectivity index (χ0v) is 15.5. The van der Waals surface area contributed by atoms with Crippen LogP contribution in [0.25, 0.3) is 0 Å². The molecule has 1 aliphatic heterocycles. The molecular formula is C20H29NO3. The maximum Gasteiger partial charge on any atom is 0.241 e. The van der Waals surface area contributed by atoms with Gasteiger partial charge in [-0.15, -0.1) is 0 Å². The Balaban J connectivity index is 1.84. The van der Waals surface area contributed by atoms with Gasteiger partial charge in [-0.2, -0.15) is 0 Å². The molecule has 132 valence electrons.